The number of carboxylic acid groups (broad SMARTS) is 2. The molecule has 0 aliphatic carbocycles. The summed E-state index contributed by atoms with van der Waals surface area (Å²) in [5.41, 5.74) is 2.48. The van der Waals surface area contributed by atoms with E-state index in [-0.39, 0.29) is 23.6 Å². The van der Waals surface area contributed by atoms with Crippen molar-refractivity contribution in [3.63, 3.8) is 0 Å². The first kappa shape index (κ1) is 26.6. The second-order valence-corrected chi connectivity index (χ2v) is 10.5. The van der Waals surface area contributed by atoms with Crippen molar-refractivity contribution in [2.45, 2.75) is 6.61 Å². The number of carbonyl (C=O) groups excluding carboxylic acids is 1. The number of thioether (sulfide) groups is 1. The molecule has 2 N–H and O–H groups in total. The van der Waals surface area contributed by atoms with E-state index in [1.165, 1.54) is 40.9 Å². The minimum Gasteiger partial charge on any atom is -0.487 e. The summed E-state index contributed by atoms with van der Waals surface area (Å²) < 4.78 is 7.27. The van der Waals surface area contributed by atoms with Crippen molar-refractivity contribution in [1.82, 2.24) is 4.90 Å². The fraction of sp³-hybridized carbons (Fsp3) is 0.0769. The highest BCUT2D eigenvalue weighted by atomic mass is 79.9. The van der Waals surface area contributed by atoms with Gasteiger partial charge in [-0.15, -0.1) is 0 Å². The summed E-state index contributed by atoms with van der Waals surface area (Å²) >= 11 is 8.26. The monoisotopic (exact) mass is 644 g/mol. The van der Waals surface area contributed by atoms with Crippen molar-refractivity contribution in [3.8, 4) is 5.75 Å². The van der Waals surface area contributed by atoms with Gasteiger partial charge in [-0.05, 0) is 109 Å². The number of nitrogens with zero attached hydrogens (tertiary/aromatic N) is 2. The summed E-state index contributed by atoms with van der Waals surface area (Å²) in [5.74, 6) is -1.64. The van der Waals surface area contributed by atoms with Crippen LogP contribution < -0.4 is 4.74 Å². The standard InChI is InChI=1S/C26H18Br2N2O6S/c1-30-23(31)21(37-26(30)29-18-8-6-17(7-9-18)25(34)35)12-15-10-19(27)22(20(28)11-15)36-13-14-2-4-16(5-3-14)24(32)33/h2-12H,13H2,1H3,(H,32,33)(H,34,35)/b21-12-,29-26?. The zero-order valence-corrected chi connectivity index (χ0v) is 23.1. The number of hydrogen-bond donors (Lipinski definition) is 2. The van der Waals surface area contributed by atoms with Gasteiger partial charge in [-0.25, -0.2) is 14.6 Å². The largest absolute Gasteiger partial charge is 0.487 e. The Labute approximate surface area is 232 Å². The van der Waals surface area contributed by atoms with Gasteiger partial charge in [-0.2, -0.15) is 0 Å². The van der Waals surface area contributed by atoms with Crippen LogP contribution in [0, 0.1) is 0 Å². The Morgan fingerprint density at radius 2 is 1.51 bits per heavy atom. The molecular weight excluding hydrogens is 628 g/mol. The molecule has 0 atom stereocenters. The Morgan fingerprint density at radius 1 is 0.973 bits per heavy atom. The van der Waals surface area contributed by atoms with E-state index in [4.69, 9.17) is 14.9 Å². The predicted octanol–water partition coefficient (Wildman–Crippen LogP) is 6.42. The number of carbonyl (C=O) groups is 3. The molecule has 1 amide bonds. The molecule has 0 bridgehead atoms. The number of amides is 1. The summed E-state index contributed by atoms with van der Waals surface area (Å²) in [5, 5.41) is 18.5. The molecule has 4 rings (SSSR count). The van der Waals surface area contributed by atoms with Crippen molar-refractivity contribution in [3.05, 3.63) is 96.8 Å². The Bertz CT molecular complexity index is 1430. The first-order valence-corrected chi connectivity index (χ1v) is 13.1. The van der Waals surface area contributed by atoms with Gasteiger partial charge < -0.3 is 14.9 Å². The summed E-state index contributed by atoms with van der Waals surface area (Å²) in [4.78, 5) is 41.3. The van der Waals surface area contributed by atoms with Crippen LogP contribution in [0.1, 0.15) is 31.8 Å². The number of rotatable bonds is 7. The van der Waals surface area contributed by atoms with Crippen LogP contribution >= 0.6 is 43.6 Å². The molecule has 188 valence electrons. The van der Waals surface area contributed by atoms with Crippen LogP contribution in [0.4, 0.5) is 5.69 Å². The number of aliphatic imine (C=N–C) groups is 1. The second-order valence-electron chi connectivity index (χ2n) is 7.83. The molecule has 0 radical (unpaired) electrons. The third kappa shape index (κ3) is 6.30. The highest BCUT2D eigenvalue weighted by Gasteiger charge is 2.30. The maximum Gasteiger partial charge on any atom is 0.335 e. The smallest absolute Gasteiger partial charge is 0.335 e. The number of aromatic carboxylic acids is 2. The fourth-order valence-electron chi connectivity index (χ4n) is 3.29. The summed E-state index contributed by atoms with van der Waals surface area (Å²) in [6.45, 7) is 0.240. The molecule has 0 spiro atoms. The maximum absolute atomic E-state index is 12.8. The molecule has 1 aliphatic heterocycles. The topological polar surface area (TPSA) is 117 Å². The van der Waals surface area contributed by atoms with E-state index in [2.05, 4.69) is 36.9 Å². The van der Waals surface area contributed by atoms with Gasteiger partial charge >= 0.3 is 11.9 Å². The van der Waals surface area contributed by atoms with E-state index in [1.54, 1.807) is 37.4 Å². The van der Waals surface area contributed by atoms with Crippen molar-refractivity contribution in [2.75, 3.05) is 7.05 Å². The van der Waals surface area contributed by atoms with Crippen LogP contribution in [0.15, 0.2) is 79.5 Å². The molecule has 0 unspecified atom stereocenters. The van der Waals surface area contributed by atoms with Crippen molar-refractivity contribution >= 4 is 78.4 Å². The van der Waals surface area contributed by atoms with Crippen LogP contribution in [0.2, 0.25) is 0 Å². The van der Waals surface area contributed by atoms with Crippen LogP contribution in [-0.4, -0.2) is 45.2 Å². The van der Waals surface area contributed by atoms with Gasteiger partial charge in [0.2, 0.25) is 0 Å². The van der Waals surface area contributed by atoms with Crippen LogP contribution in [0.5, 0.6) is 5.75 Å². The summed E-state index contributed by atoms with van der Waals surface area (Å²) in [6.07, 6.45) is 1.75. The van der Waals surface area contributed by atoms with Crippen LogP contribution in [-0.2, 0) is 11.4 Å². The predicted molar refractivity (Wildman–Crippen MR) is 148 cm³/mol. The molecule has 11 heteroatoms. The van der Waals surface area contributed by atoms with E-state index in [9.17, 15) is 14.4 Å². The van der Waals surface area contributed by atoms with Gasteiger partial charge in [0.15, 0.2) is 5.17 Å². The van der Waals surface area contributed by atoms with E-state index >= 15 is 0 Å². The number of likely N-dealkylation sites (N-methyl/N-ethyl adjacent to an activating group) is 1. The molecule has 1 fully saturated rings. The van der Waals surface area contributed by atoms with Gasteiger partial charge in [0.05, 0.1) is 30.7 Å². The zero-order valence-electron chi connectivity index (χ0n) is 19.1. The van der Waals surface area contributed by atoms with Crippen molar-refractivity contribution in [1.29, 1.82) is 0 Å². The number of amidine groups is 1. The SMILES string of the molecule is CN1C(=O)/C(=C/c2cc(Br)c(OCc3ccc(C(=O)O)cc3)c(Br)c2)SC1=Nc1ccc(C(=O)O)cc1. The van der Waals surface area contributed by atoms with Gasteiger partial charge in [0, 0.05) is 7.05 Å². The van der Waals surface area contributed by atoms with Crippen LogP contribution in [0.3, 0.4) is 0 Å². The van der Waals surface area contributed by atoms with Crippen LogP contribution in [0.25, 0.3) is 6.08 Å². The van der Waals surface area contributed by atoms with Crippen molar-refractivity contribution < 1.29 is 29.3 Å². The number of ether oxygens (including phenoxy) is 1. The molecule has 3 aromatic rings. The first-order valence-electron chi connectivity index (χ1n) is 10.7. The maximum atomic E-state index is 12.8. The van der Waals surface area contributed by atoms with Gasteiger partial charge in [0.1, 0.15) is 12.4 Å². The highest BCUT2D eigenvalue weighted by Crippen LogP contribution is 2.38. The molecule has 0 saturated carbocycles. The lowest BCUT2D eigenvalue weighted by Gasteiger charge is -2.12. The zero-order chi connectivity index (χ0) is 26.7. The lowest BCUT2D eigenvalue weighted by Crippen LogP contribution is -2.23. The molecule has 1 saturated heterocycles. The average Bonchev–Trinajstić information content (AvgIpc) is 3.11. The molecule has 37 heavy (non-hydrogen) atoms. The molecule has 8 nitrogen and oxygen atoms in total. The Balaban J connectivity index is 1.49. The van der Waals surface area contributed by atoms with Gasteiger partial charge in [-0.1, -0.05) is 12.1 Å². The van der Waals surface area contributed by atoms with Gasteiger partial charge in [-0.3, -0.25) is 9.69 Å². The normalized spacial score (nSPS) is 15.4. The first-order chi connectivity index (χ1) is 17.6. The van der Waals surface area contributed by atoms with Crippen molar-refractivity contribution in [2.24, 2.45) is 4.99 Å². The van der Waals surface area contributed by atoms with E-state index in [0.29, 0.717) is 30.5 Å². The minimum atomic E-state index is -1.02. The number of carboxylic acids is 2. The van der Waals surface area contributed by atoms with E-state index in [0.717, 1.165) is 11.1 Å². The molecule has 0 aromatic heterocycles. The third-order valence-corrected chi connectivity index (χ3v) is 7.48. The molecular formula is C26H18Br2N2O6S. The second kappa shape index (κ2) is 11.3. The van der Waals surface area contributed by atoms with E-state index < -0.39 is 11.9 Å². The Morgan fingerprint density at radius 3 is 2.05 bits per heavy atom. The highest BCUT2D eigenvalue weighted by molar-refractivity contribution is 9.11. The molecule has 1 heterocycles. The van der Waals surface area contributed by atoms with Gasteiger partial charge in [0.25, 0.3) is 5.91 Å². The third-order valence-electron chi connectivity index (χ3n) is 5.25. The lowest BCUT2D eigenvalue weighted by molar-refractivity contribution is -0.121. The lowest BCUT2D eigenvalue weighted by atomic mass is 10.1. The average molecular weight is 646 g/mol. The van der Waals surface area contributed by atoms with E-state index in [1.807, 2.05) is 12.1 Å². The summed E-state index contributed by atoms with van der Waals surface area (Å²) in [6, 6.07) is 16.2. The quantitative estimate of drug-likeness (QED) is 0.285. The fourth-order valence-corrected chi connectivity index (χ4v) is 5.73. The molecule has 3 aromatic carbocycles. The molecule has 1 aliphatic rings. The number of halogens is 2. The number of benzene rings is 3. The Kier molecular flexibility index (Phi) is 8.16. The minimum absolute atomic E-state index is 0.160. The number of hydrogen-bond acceptors (Lipinski definition) is 6. The Hall–Kier alpha value is -3.41. The summed E-state index contributed by atoms with van der Waals surface area (Å²) in [7, 11) is 1.63.